The second kappa shape index (κ2) is 17.1. The predicted octanol–water partition coefficient (Wildman–Crippen LogP) is 8.64. The van der Waals surface area contributed by atoms with Gasteiger partial charge in [-0.1, -0.05) is 86.4 Å². The maximum absolute atomic E-state index is 12.0. The Bertz CT molecular complexity index is 1700. The fourth-order valence-corrected chi connectivity index (χ4v) is 7.59. The minimum atomic E-state index is -1.19. The third-order valence-electron chi connectivity index (χ3n) is 9.67. The molecule has 0 radical (unpaired) electrons. The standard InChI is InChI=1S/C41H51NO8Si/c1-51(2,3)25-24-45-30-48-38-27-31(26-33-10-7-8-13-36(33)38)29-47-39-28-42(40(43)44)20-18-37(39)32-14-16-35(17-15-32)46-21-9-19-41(49-22-23-50-41)34-11-5-4-6-12-34/h4-8,10-17,26-27,37,39H,9,18-25,28-30H2,1-3H3,(H,43,44). The van der Waals surface area contributed by atoms with Gasteiger partial charge in [0.15, 0.2) is 12.6 Å². The van der Waals surface area contributed by atoms with Gasteiger partial charge in [0.25, 0.3) is 0 Å². The van der Waals surface area contributed by atoms with Crippen LogP contribution in [0.1, 0.15) is 41.9 Å². The summed E-state index contributed by atoms with van der Waals surface area (Å²) in [6.45, 7) is 10.6. The Morgan fingerprint density at radius 3 is 2.41 bits per heavy atom. The molecule has 272 valence electrons. The van der Waals surface area contributed by atoms with Crippen molar-refractivity contribution in [1.82, 2.24) is 4.90 Å². The van der Waals surface area contributed by atoms with Crippen LogP contribution in [0, 0.1) is 0 Å². The number of rotatable bonds is 16. The second-order valence-corrected chi connectivity index (χ2v) is 20.2. The first-order valence-corrected chi connectivity index (χ1v) is 21.8. The molecule has 1 N–H and O–H groups in total. The summed E-state index contributed by atoms with van der Waals surface area (Å²) >= 11 is 0. The molecule has 2 unspecified atom stereocenters. The third kappa shape index (κ3) is 9.90. The van der Waals surface area contributed by atoms with Crippen molar-refractivity contribution >= 4 is 24.9 Å². The molecule has 2 atom stereocenters. The van der Waals surface area contributed by atoms with E-state index in [4.69, 9.17) is 28.4 Å². The maximum Gasteiger partial charge on any atom is 0.407 e. The summed E-state index contributed by atoms with van der Waals surface area (Å²) in [7, 11) is -1.19. The van der Waals surface area contributed by atoms with Crippen molar-refractivity contribution < 1.29 is 38.3 Å². The molecule has 2 heterocycles. The van der Waals surface area contributed by atoms with Crippen LogP contribution in [0.15, 0.2) is 91.0 Å². The van der Waals surface area contributed by atoms with Crippen molar-refractivity contribution in [2.24, 2.45) is 0 Å². The Morgan fingerprint density at radius 2 is 1.67 bits per heavy atom. The topological polar surface area (TPSA) is 95.9 Å². The molecule has 2 aliphatic rings. The highest BCUT2D eigenvalue weighted by Gasteiger charge is 2.38. The summed E-state index contributed by atoms with van der Waals surface area (Å²) in [4.78, 5) is 13.4. The molecule has 2 saturated heterocycles. The van der Waals surface area contributed by atoms with E-state index in [-0.39, 0.29) is 18.8 Å². The minimum absolute atomic E-state index is 0.0352. The average molecular weight is 714 g/mol. The van der Waals surface area contributed by atoms with Crippen LogP contribution in [0.2, 0.25) is 25.7 Å². The lowest BCUT2D eigenvalue weighted by Crippen LogP contribution is -2.46. The number of hydrogen-bond acceptors (Lipinski definition) is 7. The molecule has 2 fully saturated rings. The van der Waals surface area contributed by atoms with Gasteiger partial charge < -0.3 is 38.4 Å². The highest BCUT2D eigenvalue weighted by atomic mass is 28.3. The monoisotopic (exact) mass is 713 g/mol. The summed E-state index contributed by atoms with van der Waals surface area (Å²) < 4.78 is 36.8. The van der Waals surface area contributed by atoms with Gasteiger partial charge >= 0.3 is 6.09 Å². The molecule has 2 aliphatic heterocycles. The smallest absolute Gasteiger partial charge is 0.407 e. The van der Waals surface area contributed by atoms with Crippen molar-refractivity contribution in [2.75, 3.05) is 46.3 Å². The fourth-order valence-electron chi connectivity index (χ4n) is 6.83. The van der Waals surface area contributed by atoms with Gasteiger partial charge in [0.1, 0.15) is 11.5 Å². The summed E-state index contributed by atoms with van der Waals surface area (Å²) in [5.74, 6) is 0.862. The number of hydrogen-bond donors (Lipinski definition) is 1. The van der Waals surface area contributed by atoms with Crippen LogP contribution in [0.4, 0.5) is 4.79 Å². The molecule has 51 heavy (non-hydrogen) atoms. The first-order chi connectivity index (χ1) is 24.7. The summed E-state index contributed by atoms with van der Waals surface area (Å²) in [5, 5.41) is 11.9. The van der Waals surface area contributed by atoms with Crippen LogP contribution in [0.5, 0.6) is 11.5 Å². The molecule has 1 amide bonds. The molecular formula is C41H51NO8Si. The lowest BCUT2D eigenvalue weighted by Gasteiger charge is -2.37. The Labute approximate surface area is 302 Å². The Balaban J connectivity index is 1.07. The second-order valence-electron chi connectivity index (χ2n) is 14.6. The number of benzene rings is 4. The molecule has 6 rings (SSSR count). The van der Waals surface area contributed by atoms with E-state index in [2.05, 4.69) is 43.9 Å². The largest absolute Gasteiger partial charge is 0.494 e. The van der Waals surface area contributed by atoms with E-state index in [9.17, 15) is 9.90 Å². The maximum atomic E-state index is 12.0. The van der Waals surface area contributed by atoms with E-state index in [1.54, 1.807) is 0 Å². The highest BCUT2D eigenvalue weighted by molar-refractivity contribution is 6.76. The number of piperidine rings is 1. The molecular weight excluding hydrogens is 663 g/mol. The fraction of sp³-hybridized carbons (Fsp3) is 0.439. The van der Waals surface area contributed by atoms with Crippen LogP contribution < -0.4 is 9.47 Å². The van der Waals surface area contributed by atoms with E-state index in [1.807, 2.05) is 66.7 Å². The van der Waals surface area contributed by atoms with Crippen molar-refractivity contribution in [3.8, 4) is 11.5 Å². The van der Waals surface area contributed by atoms with Crippen molar-refractivity contribution in [3.63, 3.8) is 0 Å². The van der Waals surface area contributed by atoms with Crippen LogP contribution >= 0.6 is 0 Å². The van der Waals surface area contributed by atoms with Crippen molar-refractivity contribution in [1.29, 1.82) is 0 Å². The van der Waals surface area contributed by atoms with E-state index in [0.717, 1.165) is 51.4 Å². The molecule has 4 aromatic carbocycles. The average Bonchev–Trinajstić information content (AvgIpc) is 3.62. The van der Waals surface area contributed by atoms with Gasteiger partial charge in [-0.05, 0) is 59.7 Å². The van der Waals surface area contributed by atoms with E-state index >= 15 is 0 Å². The summed E-state index contributed by atoms with van der Waals surface area (Å²) in [6.07, 6.45) is 0.896. The van der Waals surface area contributed by atoms with Gasteiger partial charge in [0.05, 0.1) is 39.1 Å². The van der Waals surface area contributed by atoms with Crippen molar-refractivity contribution in [2.45, 2.75) is 69.4 Å². The Hall–Kier alpha value is -3.93. The quantitative estimate of drug-likeness (QED) is 0.0701. The Kier molecular flexibility index (Phi) is 12.3. The SMILES string of the molecule is C[Si](C)(C)CCOCOc1cc(COC2CN(C(=O)O)CCC2c2ccc(OCCCC3(c4ccccc4)OCCO3)cc2)cc2ccccc12. The van der Waals surface area contributed by atoms with Gasteiger partial charge in [0, 0.05) is 44.5 Å². The highest BCUT2D eigenvalue weighted by Crippen LogP contribution is 2.37. The number of nitrogens with zero attached hydrogens (tertiary/aromatic N) is 1. The molecule has 0 saturated carbocycles. The predicted molar refractivity (Wildman–Crippen MR) is 200 cm³/mol. The summed E-state index contributed by atoms with van der Waals surface area (Å²) in [5.41, 5.74) is 3.10. The first kappa shape index (κ1) is 36.8. The van der Waals surface area contributed by atoms with Gasteiger partial charge in [0.2, 0.25) is 0 Å². The lowest BCUT2D eigenvalue weighted by atomic mass is 9.87. The normalized spacial score (nSPS) is 18.9. The summed E-state index contributed by atoms with van der Waals surface area (Å²) in [6, 6.07) is 31.5. The molecule has 10 heteroatoms. The van der Waals surface area contributed by atoms with Crippen LogP contribution in [-0.2, 0) is 31.3 Å². The number of amides is 1. The molecule has 0 bridgehead atoms. The third-order valence-corrected chi connectivity index (χ3v) is 11.4. The van der Waals surface area contributed by atoms with E-state index in [0.29, 0.717) is 59.0 Å². The van der Waals surface area contributed by atoms with Crippen LogP contribution in [-0.4, -0.2) is 76.6 Å². The molecule has 4 aromatic rings. The zero-order valence-corrected chi connectivity index (χ0v) is 31.1. The van der Waals surface area contributed by atoms with Gasteiger partial charge in [-0.2, -0.15) is 0 Å². The lowest BCUT2D eigenvalue weighted by molar-refractivity contribution is -0.172. The molecule has 9 nitrogen and oxygen atoms in total. The van der Waals surface area contributed by atoms with Crippen LogP contribution in [0.3, 0.4) is 0 Å². The molecule has 0 aliphatic carbocycles. The number of ether oxygens (including phenoxy) is 6. The van der Waals surface area contributed by atoms with Gasteiger partial charge in [-0.3, -0.25) is 0 Å². The molecule has 0 aromatic heterocycles. The van der Waals surface area contributed by atoms with Gasteiger partial charge in [-0.25, -0.2) is 4.79 Å². The zero-order chi connectivity index (χ0) is 35.7. The number of carbonyl (C=O) groups is 1. The molecule has 0 spiro atoms. The van der Waals surface area contributed by atoms with E-state index < -0.39 is 20.0 Å². The van der Waals surface area contributed by atoms with E-state index in [1.165, 1.54) is 4.90 Å². The number of fused-ring (bicyclic) bond motifs is 1. The zero-order valence-electron chi connectivity index (χ0n) is 30.1. The number of likely N-dealkylation sites (tertiary alicyclic amines) is 1. The van der Waals surface area contributed by atoms with Crippen molar-refractivity contribution in [3.05, 3.63) is 108 Å². The first-order valence-electron chi connectivity index (χ1n) is 18.1. The minimum Gasteiger partial charge on any atom is -0.494 e. The Morgan fingerprint density at radius 1 is 0.922 bits per heavy atom. The van der Waals surface area contributed by atoms with Crippen LogP contribution in [0.25, 0.3) is 10.8 Å². The van der Waals surface area contributed by atoms with Gasteiger partial charge in [-0.15, -0.1) is 0 Å². The number of carboxylic acid groups (broad SMARTS) is 1.